The lowest BCUT2D eigenvalue weighted by Crippen LogP contribution is -1.81. The zero-order valence-corrected chi connectivity index (χ0v) is 14.3. The van der Waals surface area contributed by atoms with Crippen molar-refractivity contribution in [2.45, 2.75) is 0 Å². The van der Waals surface area contributed by atoms with E-state index in [2.05, 4.69) is 10.3 Å². The van der Waals surface area contributed by atoms with Gasteiger partial charge in [-0.05, 0) is 48.5 Å². The highest BCUT2D eigenvalue weighted by atomic mass is 16.5. The van der Waals surface area contributed by atoms with Gasteiger partial charge in [0.2, 0.25) is 0 Å². The van der Waals surface area contributed by atoms with Crippen molar-refractivity contribution in [1.82, 2.24) is 10.3 Å². The van der Waals surface area contributed by atoms with Crippen LogP contribution in [0.1, 0.15) is 0 Å². The number of hydrogen-bond donors (Lipinski definition) is 0. The fraction of sp³-hybridized carbons (Fsp3) is 0.100. The maximum atomic E-state index is 5.43. The highest BCUT2D eigenvalue weighted by Crippen LogP contribution is 2.30. The van der Waals surface area contributed by atoms with Gasteiger partial charge in [-0.25, -0.2) is 0 Å². The highest BCUT2D eigenvalue weighted by Gasteiger charge is 2.14. The topological polar surface area (TPSA) is 70.5 Å². The number of benzene rings is 2. The van der Waals surface area contributed by atoms with Gasteiger partial charge in [-0.3, -0.25) is 0 Å². The molecule has 0 aliphatic carbocycles. The van der Waals surface area contributed by atoms with Crippen LogP contribution >= 0.6 is 0 Å². The molecule has 2 aromatic heterocycles. The van der Waals surface area contributed by atoms with Crippen LogP contribution < -0.4 is 9.47 Å². The Morgan fingerprint density at radius 1 is 0.615 bits per heavy atom. The molecule has 0 N–H and O–H groups in total. The smallest absolute Gasteiger partial charge is 0.167 e. The van der Waals surface area contributed by atoms with E-state index in [9.17, 15) is 0 Å². The van der Waals surface area contributed by atoms with Gasteiger partial charge in [0.25, 0.3) is 0 Å². The first-order valence-electron chi connectivity index (χ1n) is 7.99. The SMILES string of the molecule is COc1ccc(-c2cc(-c3cc(-c4ccc(OC)cc4)on3)no2)cc1. The number of ether oxygens (including phenoxy) is 2. The predicted molar refractivity (Wildman–Crippen MR) is 96.0 cm³/mol. The molecule has 2 aromatic carbocycles. The zero-order chi connectivity index (χ0) is 17.9. The molecule has 4 aromatic rings. The van der Waals surface area contributed by atoms with Crippen LogP contribution in [0.2, 0.25) is 0 Å². The van der Waals surface area contributed by atoms with Crippen LogP contribution in [0.3, 0.4) is 0 Å². The standard InChI is InChI=1S/C20H16N2O4/c1-23-15-7-3-13(4-8-15)19-11-17(21-25-19)18-12-20(26-22-18)14-5-9-16(24-2)10-6-14/h3-12H,1-2H3. The minimum atomic E-state index is 0.610. The molecule has 6 heteroatoms. The Kier molecular flexibility index (Phi) is 4.15. The maximum absolute atomic E-state index is 5.43. The Balaban J connectivity index is 1.58. The Bertz CT molecular complexity index is 917. The monoisotopic (exact) mass is 348 g/mol. The summed E-state index contributed by atoms with van der Waals surface area (Å²) in [5, 5.41) is 8.18. The summed E-state index contributed by atoms with van der Waals surface area (Å²) >= 11 is 0. The molecule has 0 unspecified atom stereocenters. The molecule has 0 atom stereocenters. The molecule has 0 aliphatic heterocycles. The predicted octanol–water partition coefficient (Wildman–Crippen LogP) is 4.68. The van der Waals surface area contributed by atoms with Crippen molar-refractivity contribution in [2.75, 3.05) is 14.2 Å². The Hall–Kier alpha value is -3.54. The van der Waals surface area contributed by atoms with Gasteiger partial charge in [0, 0.05) is 23.3 Å². The molecule has 0 aliphatic rings. The molecule has 0 fully saturated rings. The zero-order valence-electron chi connectivity index (χ0n) is 14.3. The van der Waals surface area contributed by atoms with Crippen molar-refractivity contribution in [1.29, 1.82) is 0 Å². The summed E-state index contributed by atoms with van der Waals surface area (Å²) in [6.45, 7) is 0. The second-order valence-electron chi connectivity index (χ2n) is 5.61. The number of methoxy groups -OCH3 is 2. The van der Waals surface area contributed by atoms with E-state index >= 15 is 0 Å². The van der Waals surface area contributed by atoms with Gasteiger partial charge in [0.1, 0.15) is 22.9 Å². The molecule has 6 nitrogen and oxygen atoms in total. The summed E-state index contributed by atoms with van der Waals surface area (Å²) in [7, 11) is 3.26. The molecule has 130 valence electrons. The lowest BCUT2D eigenvalue weighted by Gasteiger charge is -1.99. The summed E-state index contributed by atoms with van der Waals surface area (Å²) in [6, 6.07) is 18.8. The van der Waals surface area contributed by atoms with Gasteiger partial charge in [-0.2, -0.15) is 0 Å². The highest BCUT2D eigenvalue weighted by molar-refractivity contribution is 5.68. The summed E-state index contributed by atoms with van der Waals surface area (Å²) in [4.78, 5) is 0. The van der Waals surface area contributed by atoms with E-state index < -0.39 is 0 Å². The van der Waals surface area contributed by atoms with Gasteiger partial charge >= 0.3 is 0 Å². The van der Waals surface area contributed by atoms with E-state index in [0.717, 1.165) is 22.6 Å². The average molecular weight is 348 g/mol. The van der Waals surface area contributed by atoms with Gasteiger partial charge in [-0.1, -0.05) is 10.3 Å². The van der Waals surface area contributed by atoms with Crippen LogP contribution in [0, 0.1) is 0 Å². The lowest BCUT2D eigenvalue weighted by atomic mass is 10.1. The quantitative estimate of drug-likeness (QED) is 0.521. The maximum Gasteiger partial charge on any atom is 0.167 e. The summed E-state index contributed by atoms with van der Waals surface area (Å²) in [5.41, 5.74) is 3.03. The molecule has 0 saturated carbocycles. The van der Waals surface area contributed by atoms with Crippen LogP contribution in [-0.2, 0) is 0 Å². The van der Waals surface area contributed by atoms with E-state index in [-0.39, 0.29) is 0 Å². The van der Waals surface area contributed by atoms with Gasteiger partial charge in [0.15, 0.2) is 11.5 Å². The van der Waals surface area contributed by atoms with Crippen LogP contribution in [-0.4, -0.2) is 24.5 Å². The van der Waals surface area contributed by atoms with Crippen LogP contribution in [0.5, 0.6) is 11.5 Å². The third kappa shape index (κ3) is 3.04. The van der Waals surface area contributed by atoms with Gasteiger partial charge < -0.3 is 18.5 Å². The molecular formula is C20H16N2O4. The first kappa shape index (κ1) is 16.0. The lowest BCUT2D eigenvalue weighted by molar-refractivity contribution is 0.414. The van der Waals surface area contributed by atoms with Crippen molar-refractivity contribution in [3.63, 3.8) is 0 Å². The first-order valence-corrected chi connectivity index (χ1v) is 7.99. The number of rotatable bonds is 5. The van der Waals surface area contributed by atoms with Crippen molar-refractivity contribution in [2.24, 2.45) is 0 Å². The normalized spacial score (nSPS) is 10.7. The van der Waals surface area contributed by atoms with E-state index in [1.54, 1.807) is 14.2 Å². The van der Waals surface area contributed by atoms with Crippen molar-refractivity contribution in [3.05, 3.63) is 60.7 Å². The summed E-state index contributed by atoms with van der Waals surface area (Å²) in [6.07, 6.45) is 0. The van der Waals surface area contributed by atoms with Gasteiger partial charge in [0.05, 0.1) is 14.2 Å². The van der Waals surface area contributed by atoms with Crippen molar-refractivity contribution < 1.29 is 18.5 Å². The molecule has 4 rings (SSSR count). The molecule has 0 saturated heterocycles. The average Bonchev–Trinajstić information content (AvgIpc) is 3.38. The molecular weight excluding hydrogens is 332 g/mol. The largest absolute Gasteiger partial charge is 0.497 e. The van der Waals surface area contributed by atoms with Crippen molar-refractivity contribution in [3.8, 4) is 45.5 Å². The molecule has 0 spiro atoms. The van der Waals surface area contributed by atoms with E-state index in [1.165, 1.54) is 0 Å². The van der Waals surface area contributed by atoms with E-state index in [4.69, 9.17) is 18.5 Å². The molecule has 2 heterocycles. The third-order valence-corrected chi connectivity index (χ3v) is 4.03. The van der Waals surface area contributed by atoms with Crippen LogP contribution in [0.4, 0.5) is 0 Å². The minimum absolute atomic E-state index is 0.610. The molecule has 0 amide bonds. The first-order chi connectivity index (χ1) is 12.8. The third-order valence-electron chi connectivity index (χ3n) is 4.03. The number of hydrogen-bond acceptors (Lipinski definition) is 6. The second kappa shape index (κ2) is 6.76. The van der Waals surface area contributed by atoms with Crippen LogP contribution in [0.15, 0.2) is 69.7 Å². The Morgan fingerprint density at radius 2 is 1.00 bits per heavy atom. The minimum Gasteiger partial charge on any atom is -0.497 e. The second-order valence-corrected chi connectivity index (χ2v) is 5.61. The van der Waals surface area contributed by atoms with E-state index in [1.807, 2.05) is 60.7 Å². The molecule has 26 heavy (non-hydrogen) atoms. The molecule has 0 bridgehead atoms. The summed E-state index contributed by atoms with van der Waals surface area (Å²) < 4.78 is 21.2. The Labute approximate surface area is 149 Å². The van der Waals surface area contributed by atoms with Gasteiger partial charge in [-0.15, -0.1) is 0 Å². The fourth-order valence-electron chi connectivity index (χ4n) is 2.57. The Morgan fingerprint density at radius 3 is 1.35 bits per heavy atom. The molecule has 0 radical (unpaired) electrons. The van der Waals surface area contributed by atoms with Crippen LogP contribution in [0.25, 0.3) is 34.0 Å². The number of nitrogens with zero attached hydrogens (tertiary/aromatic N) is 2. The van der Waals surface area contributed by atoms with Crippen molar-refractivity contribution >= 4 is 0 Å². The van der Waals surface area contributed by atoms with E-state index in [0.29, 0.717) is 22.9 Å². The summed E-state index contributed by atoms with van der Waals surface area (Å²) in [5.74, 6) is 2.87. The number of aromatic nitrogens is 2. The fourth-order valence-corrected chi connectivity index (χ4v) is 2.57.